The minimum atomic E-state index is 0.502. The minimum Gasteiger partial charge on any atom is -0.493 e. The maximum atomic E-state index is 5.87. The fourth-order valence-electron chi connectivity index (χ4n) is 2.18. The molecule has 0 saturated carbocycles. The molecule has 0 fully saturated rings. The van der Waals surface area contributed by atoms with Crippen molar-refractivity contribution in [1.82, 2.24) is 4.98 Å². The summed E-state index contributed by atoms with van der Waals surface area (Å²) in [6.45, 7) is 0. The molecule has 5 nitrogen and oxygen atoms in total. The first-order valence-corrected chi connectivity index (χ1v) is 6.76. The summed E-state index contributed by atoms with van der Waals surface area (Å²) in [5, 5.41) is 0. The molecule has 0 radical (unpaired) electrons. The number of fused-ring (bicyclic) bond motifs is 1. The number of oxazole rings is 1. The molecule has 1 heterocycles. The lowest BCUT2D eigenvalue weighted by Crippen LogP contribution is -1.90. The van der Waals surface area contributed by atoms with E-state index in [1.165, 1.54) is 0 Å². The van der Waals surface area contributed by atoms with Crippen molar-refractivity contribution in [2.45, 2.75) is 0 Å². The van der Waals surface area contributed by atoms with E-state index in [0.717, 1.165) is 5.56 Å². The Hall–Kier alpha value is -2.95. The van der Waals surface area contributed by atoms with Crippen LogP contribution in [0, 0.1) is 0 Å². The van der Waals surface area contributed by atoms with E-state index < -0.39 is 0 Å². The van der Waals surface area contributed by atoms with Gasteiger partial charge in [-0.2, -0.15) is 0 Å². The average Bonchev–Trinajstić information content (AvgIpc) is 2.97. The molecule has 0 bridgehead atoms. The highest BCUT2D eigenvalue weighted by Crippen LogP contribution is 2.28. The van der Waals surface area contributed by atoms with Gasteiger partial charge in [-0.15, -0.1) is 0 Å². The number of para-hydroxylation sites is 1. The van der Waals surface area contributed by atoms with E-state index in [-0.39, 0.29) is 0 Å². The second-order valence-electron chi connectivity index (χ2n) is 4.69. The number of hydrogen-bond donors (Lipinski definition) is 1. The van der Waals surface area contributed by atoms with Gasteiger partial charge in [-0.25, -0.2) is 4.98 Å². The first-order valence-electron chi connectivity index (χ1n) is 6.76. The molecular weight excluding hydrogens is 280 g/mol. The molecule has 0 aliphatic carbocycles. The fourth-order valence-corrected chi connectivity index (χ4v) is 2.18. The largest absolute Gasteiger partial charge is 0.493 e. The van der Waals surface area contributed by atoms with Gasteiger partial charge in [0, 0.05) is 6.08 Å². The fraction of sp³-hybridized carbons (Fsp3) is 0.118. The highest BCUT2D eigenvalue weighted by atomic mass is 16.5. The van der Waals surface area contributed by atoms with E-state index >= 15 is 0 Å². The monoisotopic (exact) mass is 296 g/mol. The Morgan fingerprint density at radius 2 is 1.86 bits per heavy atom. The number of benzene rings is 2. The van der Waals surface area contributed by atoms with Crippen molar-refractivity contribution in [3.8, 4) is 11.5 Å². The van der Waals surface area contributed by atoms with Crippen molar-refractivity contribution in [2.75, 3.05) is 20.0 Å². The molecule has 5 heteroatoms. The first kappa shape index (κ1) is 14.0. The van der Waals surface area contributed by atoms with Gasteiger partial charge >= 0.3 is 0 Å². The van der Waals surface area contributed by atoms with Crippen molar-refractivity contribution in [3.63, 3.8) is 0 Å². The normalized spacial score (nSPS) is 11.2. The van der Waals surface area contributed by atoms with E-state index in [2.05, 4.69) is 4.98 Å². The third-order valence-electron chi connectivity index (χ3n) is 3.29. The van der Waals surface area contributed by atoms with Crippen LogP contribution in [0.2, 0.25) is 0 Å². The molecule has 1 aromatic heterocycles. The van der Waals surface area contributed by atoms with Gasteiger partial charge in [-0.05, 0) is 35.9 Å². The Kier molecular flexibility index (Phi) is 3.70. The van der Waals surface area contributed by atoms with Crippen molar-refractivity contribution >= 4 is 28.9 Å². The van der Waals surface area contributed by atoms with Crippen LogP contribution in [0.3, 0.4) is 0 Å². The molecule has 0 spiro atoms. The molecule has 0 unspecified atom stereocenters. The Morgan fingerprint density at radius 1 is 1.05 bits per heavy atom. The second kappa shape index (κ2) is 5.81. The average molecular weight is 296 g/mol. The molecule has 0 aliphatic heterocycles. The molecular formula is C17H16N2O3. The van der Waals surface area contributed by atoms with Gasteiger partial charge in [0.1, 0.15) is 5.52 Å². The molecule has 3 aromatic rings. The van der Waals surface area contributed by atoms with E-state index in [4.69, 9.17) is 19.6 Å². The second-order valence-corrected chi connectivity index (χ2v) is 4.69. The van der Waals surface area contributed by atoms with Gasteiger partial charge in [0.2, 0.25) is 5.89 Å². The van der Waals surface area contributed by atoms with Crippen LogP contribution < -0.4 is 15.2 Å². The summed E-state index contributed by atoms with van der Waals surface area (Å²) in [6, 6.07) is 11.1. The van der Waals surface area contributed by atoms with Crippen LogP contribution in [0.25, 0.3) is 23.3 Å². The van der Waals surface area contributed by atoms with Crippen LogP contribution in [0.5, 0.6) is 11.5 Å². The van der Waals surface area contributed by atoms with Crippen LogP contribution in [-0.4, -0.2) is 19.2 Å². The maximum absolute atomic E-state index is 5.87. The smallest absolute Gasteiger partial charge is 0.220 e. The summed E-state index contributed by atoms with van der Waals surface area (Å²) >= 11 is 0. The van der Waals surface area contributed by atoms with E-state index in [1.54, 1.807) is 26.4 Å². The summed E-state index contributed by atoms with van der Waals surface area (Å²) < 4.78 is 16.1. The summed E-state index contributed by atoms with van der Waals surface area (Å²) in [5.74, 6) is 1.86. The molecule has 2 N–H and O–H groups in total. The quantitative estimate of drug-likeness (QED) is 0.745. The SMILES string of the molecule is COc1ccc(/C=C/c2nc3c(N)cccc3o2)cc1OC. The standard InChI is InChI=1S/C17H16N2O3/c1-20-13-8-6-11(10-15(13)21-2)7-9-16-19-17-12(18)4-3-5-14(17)22-16/h3-10H,18H2,1-2H3/b9-7+. The predicted molar refractivity (Wildman–Crippen MR) is 86.9 cm³/mol. The maximum Gasteiger partial charge on any atom is 0.220 e. The number of methoxy groups -OCH3 is 2. The molecule has 0 aliphatic rings. The molecule has 0 atom stereocenters. The minimum absolute atomic E-state index is 0.502. The molecule has 22 heavy (non-hydrogen) atoms. The topological polar surface area (TPSA) is 70.5 Å². The van der Waals surface area contributed by atoms with Crippen molar-refractivity contribution in [2.24, 2.45) is 0 Å². The van der Waals surface area contributed by atoms with Crippen LogP contribution in [0.4, 0.5) is 5.69 Å². The van der Waals surface area contributed by atoms with Crippen LogP contribution in [0.1, 0.15) is 11.5 Å². The van der Waals surface area contributed by atoms with Crippen molar-refractivity contribution < 1.29 is 13.9 Å². The Balaban J connectivity index is 1.91. The summed E-state index contributed by atoms with van der Waals surface area (Å²) in [6.07, 6.45) is 3.68. The number of anilines is 1. The number of nitrogens with zero attached hydrogens (tertiary/aromatic N) is 1. The Morgan fingerprint density at radius 3 is 2.59 bits per heavy atom. The van der Waals surface area contributed by atoms with E-state index in [9.17, 15) is 0 Å². The highest BCUT2D eigenvalue weighted by molar-refractivity contribution is 5.86. The van der Waals surface area contributed by atoms with Gasteiger partial charge in [-0.1, -0.05) is 12.1 Å². The lowest BCUT2D eigenvalue weighted by Gasteiger charge is -2.07. The van der Waals surface area contributed by atoms with Crippen LogP contribution in [0.15, 0.2) is 40.8 Å². The summed E-state index contributed by atoms with van der Waals surface area (Å²) in [5.41, 5.74) is 8.77. The summed E-state index contributed by atoms with van der Waals surface area (Å²) in [4.78, 5) is 4.37. The first-order chi connectivity index (χ1) is 10.7. The number of nitrogens with two attached hydrogens (primary N) is 1. The van der Waals surface area contributed by atoms with Gasteiger partial charge in [0.15, 0.2) is 17.1 Å². The lowest BCUT2D eigenvalue weighted by atomic mass is 10.2. The third-order valence-corrected chi connectivity index (χ3v) is 3.29. The van der Waals surface area contributed by atoms with Crippen LogP contribution >= 0.6 is 0 Å². The summed E-state index contributed by atoms with van der Waals surface area (Å²) in [7, 11) is 3.21. The number of ether oxygens (including phenoxy) is 2. The van der Waals surface area contributed by atoms with Gasteiger partial charge in [0.25, 0.3) is 0 Å². The van der Waals surface area contributed by atoms with Crippen molar-refractivity contribution in [1.29, 1.82) is 0 Å². The van der Waals surface area contributed by atoms with E-state index in [0.29, 0.717) is 34.2 Å². The van der Waals surface area contributed by atoms with Gasteiger partial charge in [0.05, 0.1) is 19.9 Å². The van der Waals surface area contributed by atoms with E-state index in [1.807, 2.05) is 36.4 Å². The Labute approximate surface area is 128 Å². The number of nitrogen functional groups attached to an aromatic ring is 1. The molecule has 112 valence electrons. The van der Waals surface area contributed by atoms with Crippen molar-refractivity contribution in [3.05, 3.63) is 47.9 Å². The molecule has 2 aromatic carbocycles. The molecule has 0 amide bonds. The number of rotatable bonds is 4. The van der Waals surface area contributed by atoms with Gasteiger partial charge in [-0.3, -0.25) is 0 Å². The van der Waals surface area contributed by atoms with Gasteiger partial charge < -0.3 is 19.6 Å². The number of aromatic nitrogens is 1. The zero-order chi connectivity index (χ0) is 15.5. The third kappa shape index (κ3) is 2.61. The predicted octanol–water partition coefficient (Wildman–Crippen LogP) is 3.60. The zero-order valence-corrected chi connectivity index (χ0v) is 12.4. The molecule has 3 rings (SSSR count). The molecule has 0 saturated heterocycles. The Bertz CT molecular complexity index is 837. The zero-order valence-electron chi connectivity index (χ0n) is 12.4. The number of hydrogen-bond acceptors (Lipinski definition) is 5. The lowest BCUT2D eigenvalue weighted by molar-refractivity contribution is 0.355. The van der Waals surface area contributed by atoms with Crippen LogP contribution in [-0.2, 0) is 0 Å². The highest BCUT2D eigenvalue weighted by Gasteiger charge is 2.06.